The number of carbonyl (C=O) groups is 1. The van der Waals surface area contributed by atoms with Gasteiger partial charge in [-0.15, -0.1) is 0 Å². The molecular formula is C17H16ClN3O4S. The first-order valence-electron chi connectivity index (χ1n) is 7.77. The molecule has 0 saturated heterocycles. The van der Waals surface area contributed by atoms with Gasteiger partial charge in [0.2, 0.25) is 0 Å². The molecule has 7 nitrogen and oxygen atoms in total. The number of nitrogens with zero attached hydrogens (tertiary/aromatic N) is 2. The van der Waals surface area contributed by atoms with Crippen molar-refractivity contribution in [2.75, 3.05) is 17.8 Å². The van der Waals surface area contributed by atoms with Crippen molar-refractivity contribution in [1.29, 1.82) is 0 Å². The largest absolute Gasteiger partial charge is 0.465 e. The summed E-state index contributed by atoms with van der Waals surface area (Å²) in [6.45, 7) is 0.646. The van der Waals surface area contributed by atoms with Crippen LogP contribution in [-0.4, -0.2) is 42.6 Å². The Morgan fingerprint density at radius 2 is 2.00 bits per heavy atom. The summed E-state index contributed by atoms with van der Waals surface area (Å²) in [6.07, 6.45) is 2.88. The highest BCUT2D eigenvalue weighted by Crippen LogP contribution is 2.29. The Hall–Kier alpha value is -2.58. The van der Waals surface area contributed by atoms with Gasteiger partial charge in [0.05, 0.1) is 10.6 Å². The van der Waals surface area contributed by atoms with Crippen molar-refractivity contribution in [3.8, 4) is 0 Å². The van der Waals surface area contributed by atoms with E-state index >= 15 is 0 Å². The number of pyridine rings is 1. The number of halogens is 1. The maximum absolute atomic E-state index is 12.5. The van der Waals surface area contributed by atoms with Crippen LogP contribution in [0.2, 0.25) is 5.15 Å². The van der Waals surface area contributed by atoms with Crippen LogP contribution < -0.4 is 4.72 Å². The molecule has 2 N–H and O–H groups in total. The van der Waals surface area contributed by atoms with E-state index in [1.807, 2.05) is 0 Å². The molecule has 1 aliphatic rings. The third kappa shape index (κ3) is 3.97. The Bertz CT molecular complexity index is 961. The highest BCUT2D eigenvalue weighted by atomic mass is 35.5. The van der Waals surface area contributed by atoms with E-state index in [2.05, 4.69) is 9.71 Å². The van der Waals surface area contributed by atoms with Gasteiger partial charge in [-0.2, -0.15) is 0 Å². The van der Waals surface area contributed by atoms with Gasteiger partial charge in [0, 0.05) is 19.3 Å². The number of amides is 1. The molecule has 2 heterocycles. The molecule has 136 valence electrons. The van der Waals surface area contributed by atoms with Crippen LogP contribution in [0.4, 0.5) is 10.5 Å². The number of hydrogen-bond acceptors (Lipinski definition) is 4. The predicted octanol–water partition coefficient (Wildman–Crippen LogP) is 3.30. The second-order valence-corrected chi connectivity index (χ2v) is 7.73. The quantitative estimate of drug-likeness (QED) is 0.776. The van der Waals surface area contributed by atoms with Gasteiger partial charge in [-0.25, -0.2) is 18.2 Å². The van der Waals surface area contributed by atoms with Gasteiger partial charge in [-0.05, 0) is 35.8 Å². The lowest BCUT2D eigenvalue weighted by molar-refractivity contribution is 0.150. The zero-order valence-electron chi connectivity index (χ0n) is 13.6. The average Bonchev–Trinajstić information content (AvgIpc) is 2.64. The number of rotatable bonds is 4. The molecule has 2 aromatic rings. The first kappa shape index (κ1) is 18.2. The molecule has 0 radical (unpaired) electrons. The molecule has 1 aromatic carbocycles. The van der Waals surface area contributed by atoms with Gasteiger partial charge in [0.15, 0.2) is 5.15 Å². The van der Waals surface area contributed by atoms with Crippen LogP contribution in [0.15, 0.2) is 53.6 Å². The molecule has 0 aliphatic carbocycles. The molecule has 1 aromatic heterocycles. The summed E-state index contributed by atoms with van der Waals surface area (Å²) in [5.74, 6) is 0. The predicted molar refractivity (Wildman–Crippen MR) is 98.7 cm³/mol. The summed E-state index contributed by atoms with van der Waals surface area (Å²) in [7, 11) is -3.78. The lowest BCUT2D eigenvalue weighted by Gasteiger charge is -2.24. The van der Waals surface area contributed by atoms with E-state index in [1.54, 1.807) is 36.5 Å². The van der Waals surface area contributed by atoms with Crippen LogP contribution in [0.3, 0.4) is 0 Å². The molecule has 0 saturated carbocycles. The van der Waals surface area contributed by atoms with Crippen molar-refractivity contribution in [3.63, 3.8) is 0 Å². The molecule has 0 bridgehead atoms. The molecule has 26 heavy (non-hydrogen) atoms. The first-order chi connectivity index (χ1) is 12.4. The zero-order valence-corrected chi connectivity index (χ0v) is 15.2. The highest BCUT2D eigenvalue weighted by Gasteiger charge is 2.19. The van der Waals surface area contributed by atoms with Crippen LogP contribution >= 0.6 is 11.6 Å². The third-order valence-corrected chi connectivity index (χ3v) is 5.67. The van der Waals surface area contributed by atoms with Crippen LogP contribution in [0.25, 0.3) is 5.57 Å². The van der Waals surface area contributed by atoms with E-state index in [0.29, 0.717) is 18.5 Å². The molecule has 0 unspecified atom stereocenters. The fraction of sp³-hybridized carbons (Fsp3) is 0.176. The van der Waals surface area contributed by atoms with Crippen molar-refractivity contribution in [1.82, 2.24) is 9.88 Å². The number of nitrogens with one attached hydrogen (secondary N) is 1. The van der Waals surface area contributed by atoms with E-state index in [-0.39, 0.29) is 22.3 Å². The fourth-order valence-electron chi connectivity index (χ4n) is 2.60. The summed E-state index contributed by atoms with van der Waals surface area (Å²) in [6, 6.07) is 9.56. The molecule has 1 amide bonds. The minimum Gasteiger partial charge on any atom is -0.465 e. The summed E-state index contributed by atoms with van der Waals surface area (Å²) in [5, 5.41) is 9.04. The number of benzene rings is 1. The fourth-order valence-corrected chi connectivity index (χ4v) is 3.89. The Labute approximate surface area is 156 Å². The number of hydrogen-bond donors (Lipinski definition) is 2. The SMILES string of the molecule is O=C(O)N1CC=C(c2cnc(Cl)c(NS(=O)(=O)c3ccccc3)c2)CC1. The van der Waals surface area contributed by atoms with Gasteiger partial charge in [0.25, 0.3) is 10.0 Å². The Morgan fingerprint density at radius 1 is 1.27 bits per heavy atom. The van der Waals surface area contributed by atoms with Gasteiger partial charge >= 0.3 is 6.09 Å². The molecular weight excluding hydrogens is 378 g/mol. The minimum atomic E-state index is -3.78. The van der Waals surface area contributed by atoms with Crippen molar-refractivity contribution in [3.05, 3.63) is 59.4 Å². The van der Waals surface area contributed by atoms with Crippen molar-refractivity contribution < 1.29 is 18.3 Å². The minimum absolute atomic E-state index is 0.0387. The molecule has 3 rings (SSSR count). The average molecular weight is 394 g/mol. The van der Waals surface area contributed by atoms with E-state index in [9.17, 15) is 13.2 Å². The Morgan fingerprint density at radius 3 is 2.62 bits per heavy atom. The third-order valence-electron chi connectivity index (χ3n) is 3.99. The van der Waals surface area contributed by atoms with E-state index < -0.39 is 16.1 Å². The maximum Gasteiger partial charge on any atom is 0.407 e. The standard InChI is InChI=1S/C17H16ClN3O4S/c18-16-15(20-26(24,25)14-4-2-1-3-5-14)10-13(11-19-16)12-6-8-21(9-7-12)17(22)23/h1-6,10-11,20H,7-9H2,(H,22,23). The monoisotopic (exact) mass is 393 g/mol. The summed E-state index contributed by atoms with van der Waals surface area (Å²) in [4.78, 5) is 16.5. The second-order valence-electron chi connectivity index (χ2n) is 5.69. The van der Waals surface area contributed by atoms with E-state index in [0.717, 1.165) is 5.57 Å². The Kier molecular flexibility index (Phi) is 5.15. The van der Waals surface area contributed by atoms with Gasteiger partial charge < -0.3 is 10.0 Å². The normalized spacial score (nSPS) is 14.7. The topological polar surface area (TPSA) is 99.6 Å². The van der Waals surface area contributed by atoms with Crippen molar-refractivity contribution in [2.24, 2.45) is 0 Å². The highest BCUT2D eigenvalue weighted by molar-refractivity contribution is 7.92. The molecule has 9 heteroatoms. The van der Waals surface area contributed by atoms with Gasteiger partial charge in [0.1, 0.15) is 0 Å². The van der Waals surface area contributed by atoms with Crippen molar-refractivity contribution in [2.45, 2.75) is 11.3 Å². The van der Waals surface area contributed by atoms with E-state index in [1.165, 1.54) is 17.0 Å². The van der Waals surface area contributed by atoms with E-state index in [4.69, 9.17) is 16.7 Å². The first-order valence-corrected chi connectivity index (χ1v) is 9.63. The molecule has 0 fully saturated rings. The number of anilines is 1. The smallest absolute Gasteiger partial charge is 0.407 e. The van der Waals surface area contributed by atoms with Crippen LogP contribution in [0, 0.1) is 0 Å². The summed E-state index contributed by atoms with van der Waals surface area (Å²) >= 11 is 6.05. The lowest BCUT2D eigenvalue weighted by atomic mass is 10.0. The zero-order chi connectivity index (χ0) is 18.7. The van der Waals surface area contributed by atoms with Gasteiger partial charge in [-0.1, -0.05) is 35.9 Å². The van der Waals surface area contributed by atoms with Crippen LogP contribution in [0.5, 0.6) is 0 Å². The lowest BCUT2D eigenvalue weighted by Crippen LogP contribution is -2.33. The Balaban J connectivity index is 1.86. The number of carboxylic acid groups (broad SMARTS) is 1. The maximum atomic E-state index is 12.5. The number of aromatic nitrogens is 1. The summed E-state index contributed by atoms with van der Waals surface area (Å²) < 4.78 is 27.4. The molecule has 1 aliphatic heterocycles. The van der Waals surface area contributed by atoms with Gasteiger partial charge in [-0.3, -0.25) is 4.72 Å². The molecule has 0 spiro atoms. The molecule has 0 atom stereocenters. The second kappa shape index (κ2) is 7.35. The van der Waals surface area contributed by atoms with Crippen LogP contribution in [-0.2, 0) is 10.0 Å². The summed E-state index contributed by atoms with van der Waals surface area (Å²) in [5.41, 5.74) is 1.77. The number of sulfonamides is 1. The van der Waals surface area contributed by atoms with Crippen molar-refractivity contribution >= 4 is 39.0 Å². The van der Waals surface area contributed by atoms with Crippen LogP contribution in [0.1, 0.15) is 12.0 Å².